The SMILES string of the molecule is OB(O)c1ccccc1-c1ccc(N(c2ccc(-c3ccccc3)cc2)c2ccccc2-c2ccccc2)cc1. The lowest BCUT2D eigenvalue weighted by molar-refractivity contribution is 0.426. The number of para-hydroxylation sites is 1. The van der Waals surface area contributed by atoms with Gasteiger partial charge in [-0.2, -0.15) is 0 Å². The Bertz CT molecular complexity index is 1700. The molecule has 0 saturated carbocycles. The van der Waals surface area contributed by atoms with Gasteiger partial charge in [0.2, 0.25) is 0 Å². The highest BCUT2D eigenvalue weighted by molar-refractivity contribution is 6.60. The van der Waals surface area contributed by atoms with Gasteiger partial charge in [-0.15, -0.1) is 0 Å². The Balaban J connectivity index is 1.47. The highest BCUT2D eigenvalue weighted by atomic mass is 16.4. The van der Waals surface area contributed by atoms with Crippen LogP contribution in [0.25, 0.3) is 33.4 Å². The van der Waals surface area contributed by atoms with E-state index in [1.165, 1.54) is 5.56 Å². The molecule has 0 radical (unpaired) electrons. The molecule has 4 heteroatoms. The van der Waals surface area contributed by atoms with Crippen molar-refractivity contribution in [1.82, 2.24) is 0 Å². The highest BCUT2D eigenvalue weighted by Crippen LogP contribution is 2.41. The molecule has 0 heterocycles. The van der Waals surface area contributed by atoms with Gasteiger partial charge in [0.15, 0.2) is 0 Å². The molecule has 0 aliphatic carbocycles. The molecule has 0 bridgehead atoms. The van der Waals surface area contributed by atoms with Crippen LogP contribution in [0, 0.1) is 0 Å². The van der Waals surface area contributed by atoms with Crippen LogP contribution in [0.15, 0.2) is 158 Å². The van der Waals surface area contributed by atoms with Gasteiger partial charge < -0.3 is 14.9 Å². The molecule has 6 aromatic carbocycles. The summed E-state index contributed by atoms with van der Waals surface area (Å²) in [5, 5.41) is 19.8. The number of nitrogens with zero attached hydrogens (tertiary/aromatic N) is 1. The Kier molecular flexibility index (Phi) is 7.27. The molecule has 0 aromatic heterocycles. The Morgan fingerprint density at radius 2 is 0.800 bits per heavy atom. The second-order valence-corrected chi connectivity index (χ2v) is 9.64. The number of benzene rings is 6. The Morgan fingerprint density at radius 1 is 0.375 bits per heavy atom. The lowest BCUT2D eigenvalue weighted by atomic mass is 9.75. The maximum Gasteiger partial charge on any atom is 0.489 e. The minimum atomic E-state index is -1.53. The second-order valence-electron chi connectivity index (χ2n) is 9.64. The minimum Gasteiger partial charge on any atom is -0.423 e. The summed E-state index contributed by atoms with van der Waals surface area (Å²) in [6.07, 6.45) is 0. The van der Waals surface area contributed by atoms with E-state index in [0.29, 0.717) is 5.46 Å². The Labute approximate surface area is 235 Å². The molecule has 40 heavy (non-hydrogen) atoms. The first kappa shape index (κ1) is 25.4. The monoisotopic (exact) mass is 517 g/mol. The standard InChI is InChI=1S/C36H28BNO2/c39-37(40)35-17-9-7-15-33(35)30-21-25-32(26-22-30)38(31-23-19-28(20-24-31)27-11-3-1-4-12-27)36-18-10-8-16-34(36)29-13-5-2-6-14-29/h1-26,39-40H. The van der Waals surface area contributed by atoms with Crippen molar-refractivity contribution in [2.24, 2.45) is 0 Å². The topological polar surface area (TPSA) is 43.7 Å². The summed E-state index contributed by atoms with van der Waals surface area (Å²) in [5.41, 5.74) is 9.94. The molecule has 0 atom stereocenters. The van der Waals surface area contributed by atoms with Crippen LogP contribution in [0.5, 0.6) is 0 Å². The third-order valence-electron chi connectivity index (χ3n) is 7.14. The number of hydrogen-bond acceptors (Lipinski definition) is 3. The van der Waals surface area contributed by atoms with Crippen LogP contribution in [0.2, 0.25) is 0 Å². The first-order chi connectivity index (χ1) is 19.7. The lowest BCUT2D eigenvalue weighted by Crippen LogP contribution is -2.31. The van der Waals surface area contributed by atoms with Gasteiger partial charge >= 0.3 is 7.12 Å². The van der Waals surface area contributed by atoms with Crippen LogP contribution < -0.4 is 10.4 Å². The van der Waals surface area contributed by atoms with Gasteiger partial charge in [-0.05, 0) is 63.6 Å². The molecule has 0 aliphatic heterocycles. The van der Waals surface area contributed by atoms with Crippen LogP contribution in [0.1, 0.15) is 0 Å². The van der Waals surface area contributed by atoms with Crippen molar-refractivity contribution in [2.75, 3.05) is 4.90 Å². The number of hydrogen-bond donors (Lipinski definition) is 2. The van der Waals surface area contributed by atoms with Crippen molar-refractivity contribution in [2.45, 2.75) is 0 Å². The molecule has 0 amide bonds. The second kappa shape index (κ2) is 11.5. The predicted octanol–water partition coefficient (Wildman–Crippen LogP) is 7.84. The van der Waals surface area contributed by atoms with Crippen molar-refractivity contribution < 1.29 is 10.0 Å². The zero-order chi connectivity index (χ0) is 27.3. The van der Waals surface area contributed by atoms with E-state index >= 15 is 0 Å². The zero-order valence-corrected chi connectivity index (χ0v) is 21.9. The van der Waals surface area contributed by atoms with Gasteiger partial charge in [-0.3, -0.25) is 0 Å². The smallest absolute Gasteiger partial charge is 0.423 e. The maximum atomic E-state index is 9.90. The molecule has 6 rings (SSSR count). The summed E-state index contributed by atoms with van der Waals surface area (Å²) < 4.78 is 0. The molecule has 6 aromatic rings. The van der Waals surface area contributed by atoms with Crippen molar-refractivity contribution in [3.63, 3.8) is 0 Å². The van der Waals surface area contributed by atoms with Crippen LogP contribution in [-0.2, 0) is 0 Å². The lowest BCUT2D eigenvalue weighted by Gasteiger charge is -2.28. The molecule has 192 valence electrons. The molecular formula is C36H28BNO2. The van der Waals surface area contributed by atoms with Gasteiger partial charge in [-0.1, -0.05) is 127 Å². The maximum absolute atomic E-state index is 9.90. The normalized spacial score (nSPS) is 10.8. The third-order valence-corrected chi connectivity index (χ3v) is 7.14. The van der Waals surface area contributed by atoms with Crippen LogP contribution in [0.4, 0.5) is 17.1 Å². The van der Waals surface area contributed by atoms with E-state index < -0.39 is 7.12 Å². The summed E-state index contributed by atoms with van der Waals surface area (Å²) in [5.74, 6) is 0. The van der Waals surface area contributed by atoms with Crippen LogP contribution >= 0.6 is 0 Å². The minimum absolute atomic E-state index is 0.484. The average molecular weight is 517 g/mol. The fourth-order valence-corrected chi connectivity index (χ4v) is 5.17. The molecule has 3 nitrogen and oxygen atoms in total. The van der Waals surface area contributed by atoms with Gasteiger partial charge in [0, 0.05) is 16.9 Å². The van der Waals surface area contributed by atoms with Crippen molar-refractivity contribution in [1.29, 1.82) is 0 Å². The summed E-state index contributed by atoms with van der Waals surface area (Å²) >= 11 is 0. The highest BCUT2D eigenvalue weighted by Gasteiger charge is 2.19. The van der Waals surface area contributed by atoms with Crippen molar-refractivity contribution >= 4 is 29.6 Å². The van der Waals surface area contributed by atoms with E-state index in [4.69, 9.17) is 0 Å². The molecule has 0 aliphatic rings. The van der Waals surface area contributed by atoms with E-state index in [1.807, 2.05) is 42.5 Å². The zero-order valence-electron chi connectivity index (χ0n) is 21.9. The molecule has 0 unspecified atom stereocenters. The summed E-state index contributed by atoms with van der Waals surface area (Å²) in [6.45, 7) is 0. The van der Waals surface area contributed by atoms with Crippen LogP contribution in [-0.4, -0.2) is 17.2 Å². The molecular weight excluding hydrogens is 489 g/mol. The van der Waals surface area contributed by atoms with E-state index in [-0.39, 0.29) is 0 Å². The van der Waals surface area contributed by atoms with Crippen LogP contribution in [0.3, 0.4) is 0 Å². The van der Waals surface area contributed by atoms with E-state index in [0.717, 1.165) is 44.9 Å². The Morgan fingerprint density at radius 3 is 1.40 bits per heavy atom. The molecule has 0 spiro atoms. The Hall–Kier alpha value is -4.90. The largest absolute Gasteiger partial charge is 0.489 e. The van der Waals surface area contributed by atoms with E-state index in [2.05, 4.69) is 114 Å². The number of anilines is 3. The van der Waals surface area contributed by atoms with Crippen molar-refractivity contribution in [3.8, 4) is 33.4 Å². The fraction of sp³-hybridized carbons (Fsp3) is 0. The third kappa shape index (κ3) is 5.19. The summed E-state index contributed by atoms with van der Waals surface area (Å²) in [4.78, 5) is 2.27. The van der Waals surface area contributed by atoms with Crippen molar-refractivity contribution in [3.05, 3.63) is 158 Å². The van der Waals surface area contributed by atoms with E-state index in [9.17, 15) is 10.0 Å². The summed E-state index contributed by atoms with van der Waals surface area (Å²) in [6, 6.07) is 53.5. The fourth-order valence-electron chi connectivity index (χ4n) is 5.17. The molecule has 2 N–H and O–H groups in total. The summed E-state index contributed by atoms with van der Waals surface area (Å²) in [7, 11) is -1.53. The predicted molar refractivity (Wildman–Crippen MR) is 167 cm³/mol. The van der Waals surface area contributed by atoms with Gasteiger partial charge in [0.05, 0.1) is 5.69 Å². The van der Waals surface area contributed by atoms with Gasteiger partial charge in [0.1, 0.15) is 0 Å². The van der Waals surface area contributed by atoms with E-state index in [1.54, 1.807) is 6.07 Å². The molecule has 0 fully saturated rings. The first-order valence-corrected chi connectivity index (χ1v) is 13.3. The quantitative estimate of drug-likeness (QED) is 0.212. The van der Waals surface area contributed by atoms with Gasteiger partial charge in [-0.25, -0.2) is 0 Å². The average Bonchev–Trinajstić information content (AvgIpc) is 3.03. The molecule has 0 saturated heterocycles. The first-order valence-electron chi connectivity index (χ1n) is 13.3. The number of rotatable bonds is 7. The van der Waals surface area contributed by atoms with Gasteiger partial charge in [0.25, 0.3) is 0 Å².